The summed E-state index contributed by atoms with van der Waals surface area (Å²) < 4.78 is 10.3. The van der Waals surface area contributed by atoms with Gasteiger partial charge in [0.2, 0.25) is 6.04 Å². The number of imide groups is 1. The van der Waals surface area contributed by atoms with Crippen LogP contribution in [0.1, 0.15) is 49.5 Å². The predicted molar refractivity (Wildman–Crippen MR) is 165 cm³/mol. The van der Waals surface area contributed by atoms with Gasteiger partial charge in [0, 0.05) is 49.6 Å². The summed E-state index contributed by atoms with van der Waals surface area (Å²) >= 11 is 0. The molecule has 1 radical (unpaired) electrons. The molecule has 4 rings (SSSR count). The summed E-state index contributed by atoms with van der Waals surface area (Å²) in [4.78, 5) is 90.8. The van der Waals surface area contributed by atoms with Gasteiger partial charge in [-0.15, -0.1) is 5.43 Å². The number of hydrogen-bond donors (Lipinski definition) is 2. The number of esters is 2. The van der Waals surface area contributed by atoms with Gasteiger partial charge in [0.1, 0.15) is 6.04 Å². The number of nitrogens with zero attached hydrogens (tertiary/aromatic N) is 3. The predicted octanol–water partition coefficient (Wildman–Crippen LogP) is 2.10. The summed E-state index contributed by atoms with van der Waals surface area (Å²) in [5.41, 5.74) is 3.90. The zero-order valence-electron chi connectivity index (χ0n) is 25.9. The zero-order chi connectivity index (χ0) is 34.1. The molecule has 0 saturated carbocycles. The number of likely N-dealkylation sites (N-methyl/N-ethyl adjacent to an activating group) is 1. The summed E-state index contributed by atoms with van der Waals surface area (Å²) in [6, 6.07) is 18.1. The number of hydrazine groups is 1. The van der Waals surface area contributed by atoms with E-state index >= 15 is 0 Å². The van der Waals surface area contributed by atoms with Crippen LogP contribution < -0.4 is 25.2 Å². The molecule has 14 heteroatoms. The van der Waals surface area contributed by atoms with E-state index in [2.05, 4.69) is 10.7 Å². The van der Waals surface area contributed by atoms with Crippen LogP contribution in [0.3, 0.4) is 0 Å². The fraction of sp³-hybridized carbons (Fsp3) is 0.242. The van der Waals surface area contributed by atoms with E-state index in [4.69, 9.17) is 9.47 Å². The Labute approximate surface area is 270 Å². The highest BCUT2D eigenvalue weighted by molar-refractivity contribution is 6.38. The lowest BCUT2D eigenvalue weighted by Gasteiger charge is -2.32. The molecule has 0 aliphatic carbocycles. The van der Waals surface area contributed by atoms with Crippen molar-refractivity contribution in [2.24, 2.45) is 0 Å². The summed E-state index contributed by atoms with van der Waals surface area (Å²) in [6.45, 7) is 4.18. The van der Waals surface area contributed by atoms with Crippen LogP contribution in [0.2, 0.25) is 0 Å². The molecule has 1 aliphatic heterocycles. The van der Waals surface area contributed by atoms with Crippen LogP contribution in [0.5, 0.6) is 11.5 Å². The maximum atomic E-state index is 14.0. The van der Waals surface area contributed by atoms with Gasteiger partial charge >= 0.3 is 36.2 Å². The van der Waals surface area contributed by atoms with Gasteiger partial charge in [-0.25, -0.2) is 9.59 Å². The SMILES string of the molecule is CCN1CCN(C(=O)NC(C(=O)N[N+](C=O)C(c2ccccc2)c2ccccc2)c2ccc(OC(C)=O)c(OC(C)=O)c2)C(=O)C1=O. The molecule has 2 N–H and O–H groups in total. The smallest absolute Gasteiger partial charge is 0.377 e. The minimum Gasteiger partial charge on any atom is -0.423 e. The average Bonchev–Trinajstić information content (AvgIpc) is 3.05. The summed E-state index contributed by atoms with van der Waals surface area (Å²) in [7, 11) is 0. The van der Waals surface area contributed by atoms with Crippen LogP contribution in [0.15, 0.2) is 78.9 Å². The van der Waals surface area contributed by atoms with E-state index in [9.17, 15) is 33.6 Å². The van der Waals surface area contributed by atoms with Gasteiger partial charge in [-0.3, -0.25) is 28.9 Å². The number of benzene rings is 3. The maximum Gasteiger partial charge on any atom is 0.377 e. The summed E-state index contributed by atoms with van der Waals surface area (Å²) in [6.07, 6.45) is 0.418. The fourth-order valence-electron chi connectivity index (χ4n) is 4.98. The van der Waals surface area contributed by atoms with Crippen molar-refractivity contribution in [1.82, 2.24) is 25.6 Å². The van der Waals surface area contributed by atoms with Crippen molar-refractivity contribution in [2.45, 2.75) is 32.9 Å². The maximum absolute atomic E-state index is 14.0. The Bertz CT molecular complexity index is 1630. The number of ether oxygens (including phenoxy) is 2. The summed E-state index contributed by atoms with van der Waals surface area (Å²) in [5.74, 6) is -4.74. The van der Waals surface area contributed by atoms with Crippen LogP contribution in [0.4, 0.5) is 4.79 Å². The van der Waals surface area contributed by atoms with E-state index in [1.807, 2.05) is 0 Å². The standard InChI is InChI=1S/C33H33N5O9/c1-4-36-17-18-37(32(44)31(36)43)33(45)34-28(25-15-16-26(46-21(2)40)27(19-25)47-22(3)41)30(42)35-38(20-39)29(23-11-7-5-8-12-23)24-13-9-6-10-14-24/h5-16,19-20,28-29H,4,17-18H2,1-3H3,(H,34,45)(H,35,42)/q+1. The Balaban J connectivity index is 1.73. The molecule has 3 aromatic carbocycles. The number of piperazine rings is 1. The molecule has 1 atom stereocenters. The van der Waals surface area contributed by atoms with Gasteiger partial charge in [0.25, 0.3) is 5.91 Å². The highest BCUT2D eigenvalue weighted by atomic mass is 16.6. The van der Waals surface area contributed by atoms with Gasteiger partial charge in [0.15, 0.2) is 11.5 Å². The molecule has 6 amide bonds. The van der Waals surface area contributed by atoms with Crippen molar-refractivity contribution >= 4 is 42.1 Å². The topological polar surface area (TPSA) is 174 Å². The normalized spacial score (nSPS) is 13.6. The molecule has 1 fully saturated rings. The number of nitrogens with one attached hydrogen (secondary N) is 2. The molecule has 14 nitrogen and oxygen atoms in total. The van der Waals surface area contributed by atoms with Crippen molar-refractivity contribution in [2.75, 3.05) is 19.6 Å². The number of carbonyl (C=O) groups excluding carboxylic acids is 7. The minimum atomic E-state index is -1.62. The molecular weight excluding hydrogens is 610 g/mol. The molecular formula is C33H33N5O9+. The number of amides is 6. The molecule has 1 aliphatic rings. The molecule has 47 heavy (non-hydrogen) atoms. The van der Waals surface area contributed by atoms with Gasteiger partial charge in [0.05, 0.1) is 0 Å². The number of hydrogen-bond acceptors (Lipinski definition) is 9. The van der Waals surface area contributed by atoms with Crippen molar-refractivity contribution < 1.29 is 43.0 Å². The van der Waals surface area contributed by atoms with Crippen LogP contribution in [-0.4, -0.2) is 71.5 Å². The van der Waals surface area contributed by atoms with E-state index < -0.39 is 47.8 Å². The lowest BCUT2D eigenvalue weighted by atomic mass is 9.98. The van der Waals surface area contributed by atoms with E-state index in [1.54, 1.807) is 67.6 Å². The molecule has 0 aromatic heterocycles. The third kappa shape index (κ3) is 8.23. The van der Waals surface area contributed by atoms with Crippen LogP contribution >= 0.6 is 0 Å². The Morgan fingerprint density at radius 2 is 1.38 bits per heavy atom. The Morgan fingerprint density at radius 3 is 1.91 bits per heavy atom. The number of urea groups is 1. The Kier molecular flexibility index (Phi) is 11.1. The van der Waals surface area contributed by atoms with Gasteiger partial charge in [-0.05, 0) is 24.6 Å². The highest BCUT2D eigenvalue weighted by Gasteiger charge is 2.40. The van der Waals surface area contributed by atoms with Crippen molar-refractivity contribution in [3.63, 3.8) is 0 Å². The first kappa shape index (κ1) is 34.0. The molecule has 1 saturated heterocycles. The van der Waals surface area contributed by atoms with E-state index in [-0.39, 0.29) is 36.7 Å². The largest absolute Gasteiger partial charge is 0.423 e. The molecule has 1 heterocycles. The van der Waals surface area contributed by atoms with Crippen LogP contribution in [-0.2, 0) is 28.8 Å². The van der Waals surface area contributed by atoms with Gasteiger partial charge < -0.3 is 19.7 Å². The Hall–Kier alpha value is -5.89. The first-order chi connectivity index (χ1) is 22.5. The van der Waals surface area contributed by atoms with Crippen molar-refractivity contribution in [3.8, 4) is 11.5 Å². The number of rotatable bonds is 11. The van der Waals surface area contributed by atoms with Crippen LogP contribution in [0, 0.1) is 0 Å². The Morgan fingerprint density at radius 1 is 0.809 bits per heavy atom. The first-order valence-corrected chi connectivity index (χ1v) is 14.6. The molecule has 243 valence electrons. The fourth-order valence-corrected chi connectivity index (χ4v) is 4.98. The second kappa shape index (κ2) is 15.4. The van der Waals surface area contributed by atoms with Gasteiger partial charge in [-0.1, -0.05) is 66.7 Å². The lowest BCUT2D eigenvalue weighted by molar-refractivity contribution is -0.153. The quantitative estimate of drug-likeness (QED) is 0.0792. The molecule has 0 bridgehead atoms. The van der Waals surface area contributed by atoms with E-state index in [0.29, 0.717) is 22.4 Å². The second-order valence-corrected chi connectivity index (χ2v) is 10.3. The molecule has 3 aromatic rings. The first-order valence-electron chi connectivity index (χ1n) is 14.6. The summed E-state index contributed by atoms with van der Waals surface area (Å²) in [5, 5.41) is 3.50. The average molecular weight is 644 g/mol. The highest BCUT2D eigenvalue weighted by Crippen LogP contribution is 2.32. The molecule has 1 unspecified atom stereocenters. The molecule has 0 spiro atoms. The van der Waals surface area contributed by atoms with Crippen LogP contribution in [0.25, 0.3) is 0 Å². The van der Waals surface area contributed by atoms with Gasteiger partial charge in [-0.2, -0.15) is 0 Å². The minimum absolute atomic E-state index is 0.0239. The van der Waals surface area contributed by atoms with Crippen molar-refractivity contribution in [1.29, 1.82) is 0 Å². The monoisotopic (exact) mass is 643 g/mol. The third-order valence-electron chi connectivity index (χ3n) is 7.14. The zero-order valence-corrected chi connectivity index (χ0v) is 25.9. The third-order valence-corrected chi connectivity index (χ3v) is 7.14. The van der Waals surface area contributed by atoms with E-state index in [1.165, 1.54) is 23.1 Å². The number of carbonyl (C=O) groups is 7. The van der Waals surface area contributed by atoms with Crippen molar-refractivity contribution in [3.05, 3.63) is 95.6 Å². The lowest BCUT2D eigenvalue weighted by Crippen LogP contribution is -2.59. The van der Waals surface area contributed by atoms with E-state index in [0.717, 1.165) is 18.9 Å². The second-order valence-electron chi connectivity index (χ2n) is 10.3.